The fourth-order valence-electron chi connectivity index (χ4n) is 1.85. The van der Waals surface area contributed by atoms with Gasteiger partial charge in [-0.2, -0.15) is 0 Å². The van der Waals surface area contributed by atoms with Crippen molar-refractivity contribution in [2.45, 2.75) is 20.3 Å². The third-order valence-corrected chi connectivity index (χ3v) is 2.72. The molecule has 1 saturated heterocycles. The minimum absolute atomic E-state index is 0.233. The van der Waals surface area contributed by atoms with Gasteiger partial charge in [-0.15, -0.1) is 0 Å². The van der Waals surface area contributed by atoms with Crippen molar-refractivity contribution in [3.05, 3.63) is 34.4 Å². The molecule has 1 fully saturated rings. The molecule has 1 aromatic rings. The van der Waals surface area contributed by atoms with Crippen LogP contribution in [0.15, 0.2) is 17.7 Å². The standard InChI is InChI=1S/C13H14O3/c1-8-5-10(6-9(2)12(8)14)7-11-3-4-16-13(11)15/h5-7,14H,3-4H2,1-2H3/b11-7+. The van der Waals surface area contributed by atoms with Crippen LogP contribution in [0.1, 0.15) is 23.1 Å². The fourth-order valence-corrected chi connectivity index (χ4v) is 1.85. The van der Waals surface area contributed by atoms with E-state index in [0.29, 0.717) is 24.4 Å². The Morgan fingerprint density at radius 3 is 2.44 bits per heavy atom. The Hall–Kier alpha value is -1.77. The van der Waals surface area contributed by atoms with Crippen LogP contribution in [0, 0.1) is 13.8 Å². The van der Waals surface area contributed by atoms with Gasteiger partial charge in [-0.1, -0.05) is 0 Å². The van der Waals surface area contributed by atoms with Gasteiger partial charge in [0.1, 0.15) is 5.75 Å². The molecule has 1 heterocycles. The topological polar surface area (TPSA) is 46.5 Å². The highest BCUT2D eigenvalue weighted by Gasteiger charge is 2.18. The number of phenolic OH excluding ortho intramolecular Hbond substituents is 1. The summed E-state index contributed by atoms with van der Waals surface area (Å²) in [6.45, 7) is 4.16. The average Bonchev–Trinajstić information content (AvgIpc) is 2.61. The highest BCUT2D eigenvalue weighted by atomic mass is 16.5. The van der Waals surface area contributed by atoms with E-state index in [-0.39, 0.29) is 5.97 Å². The number of rotatable bonds is 1. The number of carbonyl (C=O) groups is 1. The second-order valence-electron chi connectivity index (χ2n) is 4.06. The fraction of sp³-hybridized carbons (Fsp3) is 0.308. The molecule has 0 aliphatic carbocycles. The van der Waals surface area contributed by atoms with Crippen LogP contribution in [0.25, 0.3) is 6.08 Å². The smallest absolute Gasteiger partial charge is 0.334 e. The van der Waals surface area contributed by atoms with Gasteiger partial charge in [-0.3, -0.25) is 0 Å². The third kappa shape index (κ3) is 1.94. The van der Waals surface area contributed by atoms with Crippen molar-refractivity contribution >= 4 is 12.0 Å². The SMILES string of the molecule is Cc1cc(/C=C2\CCOC2=O)cc(C)c1O. The molecular weight excluding hydrogens is 204 g/mol. The van der Waals surface area contributed by atoms with Crippen molar-refractivity contribution in [3.8, 4) is 5.75 Å². The molecule has 0 unspecified atom stereocenters. The molecule has 1 N–H and O–H groups in total. The first-order valence-electron chi connectivity index (χ1n) is 5.26. The Bertz CT molecular complexity index is 449. The predicted octanol–water partition coefficient (Wildman–Crippen LogP) is 2.34. The van der Waals surface area contributed by atoms with Gasteiger partial charge in [-0.25, -0.2) is 4.79 Å². The number of ether oxygens (including phenoxy) is 1. The lowest BCUT2D eigenvalue weighted by atomic mass is 10.0. The van der Waals surface area contributed by atoms with Crippen LogP contribution < -0.4 is 0 Å². The molecule has 2 rings (SSSR count). The van der Waals surface area contributed by atoms with E-state index >= 15 is 0 Å². The van der Waals surface area contributed by atoms with Crippen LogP contribution in [0.2, 0.25) is 0 Å². The van der Waals surface area contributed by atoms with Gasteiger partial charge in [-0.05, 0) is 48.7 Å². The number of phenols is 1. The van der Waals surface area contributed by atoms with Gasteiger partial charge < -0.3 is 9.84 Å². The highest BCUT2D eigenvalue weighted by molar-refractivity contribution is 5.95. The maximum absolute atomic E-state index is 11.3. The summed E-state index contributed by atoms with van der Waals surface area (Å²) < 4.78 is 4.87. The monoisotopic (exact) mass is 218 g/mol. The Morgan fingerprint density at radius 2 is 1.94 bits per heavy atom. The molecule has 3 heteroatoms. The van der Waals surface area contributed by atoms with Crippen molar-refractivity contribution in [3.63, 3.8) is 0 Å². The Balaban J connectivity index is 2.38. The number of cyclic esters (lactones) is 1. The van der Waals surface area contributed by atoms with E-state index < -0.39 is 0 Å². The summed E-state index contributed by atoms with van der Waals surface area (Å²) in [7, 11) is 0. The van der Waals surface area contributed by atoms with Crippen LogP contribution in [0.4, 0.5) is 0 Å². The zero-order valence-electron chi connectivity index (χ0n) is 9.41. The molecule has 3 nitrogen and oxygen atoms in total. The van der Waals surface area contributed by atoms with E-state index in [0.717, 1.165) is 16.7 Å². The summed E-state index contributed by atoms with van der Waals surface area (Å²) in [5.41, 5.74) is 3.27. The van der Waals surface area contributed by atoms with Crippen LogP contribution in [-0.4, -0.2) is 17.7 Å². The van der Waals surface area contributed by atoms with Crippen molar-refractivity contribution in [2.24, 2.45) is 0 Å². The van der Waals surface area contributed by atoms with Crippen molar-refractivity contribution < 1.29 is 14.6 Å². The van der Waals surface area contributed by atoms with Gasteiger partial charge >= 0.3 is 5.97 Å². The van der Waals surface area contributed by atoms with Crippen molar-refractivity contribution in [1.29, 1.82) is 0 Å². The number of hydrogen-bond donors (Lipinski definition) is 1. The van der Waals surface area contributed by atoms with Gasteiger partial charge in [0.2, 0.25) is 0 Å². The molecule has 84 valence electrons. The van der Waals surface area contributed by atoms with Gasteiger partial charge in [0.05, 0.1) is 6.61 Å². The first-order valence-corrected chi connectivity index (χ1v) is 5.26. The molecule has 0 bridgehead atoms. The summed E-state index contributed by atoms with van der Waals surface area (Å²) in [6, 6.07) is 3.72. The number of aromatic hydroxyl groups is 1. The average molecular weight is 218 g/mol. The van der Waals surface area contributed by atoms with Crippen LogP contribution in [-0.2, 0) is 9.53 Å². The third-order valence-electron chi connectivity index (χ3n) is 2.72. The minimum Gasteiger partial charge on any atom is -0.507 e. The summed E-state index contributed by atoms with van der Waals surface area (Å²) in [4.78, 5) is 11.3. The maximum atomic E-state index is 11.3. The Labute approximate surface area is 94.4 Å². The lowest BCUT2D eigenvalue weighted by Crippen LogP contribution is -1.94. The first kappa shape index (κ1) is 10.7. The maximum Gasteiger partial charge on any atom is 0.334 e. The van der Waals surface area contributed by atoms with E-state index in [1.165, 1.54) is 0 Å². The van der Waals surface area contributed by atoms with Crippen molar-refractivity contribution in [2.75, 3.05) is 6.61 Å². The molecular formula is C13H14O3. The summed E-state index contributed by atoms with van der Waals surface area (Å²) in [5.74, 6) is 0.0829. The van der Waals surface area contributed by atoms with Crippen LogP contribution >= 0.6 is 0 Å². The lowest BCUT2D eigenvalue weighted by molar-refractivity contribution is -0.134. The van der Waals surface area contributed by atoms with E-state index in [9.17, 15) is 9.90 Å². The zero-order chi connectivity index (χ0) is 11.7. The molecule has 16 heavy (non-hydrogen) atoms. The van der Waals surface area contributed by atoms with E-state index in [1.54, 1.807) is 0 Å². The highest BCUT2D eigenvalue weighted by Crippen LogP contribution is 2.25. The molecule has 0 atom stereocenters. The van der Waals surface area contributed by atoms with E-state index in [4.69, 9.17) is 4.74 Å². The molecule has 1 aromatic carbocycles. The zero-order valence-corrected chi connectivity index (χ0v) is 9.41. The van der Waals surface area contributed by atoms with E-state index in [2.05, 4.69) is 0 Å². The second kappa shape index (κ2) is 4.00. The molecule has 1 aliphatic heterocycles. The number of esters is 1. The number of aryl methyl sites for hydroxylation is 2. The number of benzene rings is 1. The molecule has 0 saturated carbocycles. The normalized spacial score (nSPS) is 17.9. The Kier molecular flexibility index (Phi) is 2.69. The van der Waals surface area contributed by atoms with Crippen LogP contribution in [0.5, 0.6) is 5.75 Å². The second-order valence-corrected chi connectivity index (χ2v) is 4.06. The summed E-state index contributed by atoms with van der Waals surface area (Å²) in [6.07, 6.45) is 2.49. The summed E-state index contributed by atoms with van der Waals surface area (Å²) >= 11 is 0. The predicted molar refractivity (Wildman–Crippen MR) is 61.1 cm³/mol. The van der Waals surface area contributed by atoms with Crippen molar-refractivity contribution in [1.82, 2.24) is 0 Å². The van der Waals surface area contributed by atoms with Gasteiger partial charge in [0.15, 0.2) is 0 Å². The number of carbonyl (C=O) groups excluding carboxylic acids is 1. The minimum atomic E-state index is -0.233. The van der Waals surface area contributed by atoms with Crippen LogP contribution in [0.3, 0.4) is 0 Å². The Morgan fingerprint density at radius 1 is 1.31 bits per heavy atom. The lowest BCUT2D eigenvalue weighted by Gasteiger charge is -2.05. The number of hydrogen-bond acceptors (Lipinski definition) is 3. The molecule has 0 aromatic heterocycles. The van der Waals surface area contributed by atoms with Gasteiger partial charge in [0, 0.05) is 12.0 Å². The quantitative estimate of drug-likeness (QED) is 0.581. The largest absolute Gasteiger partial charge is 0.507 e. The van der Waals surface area contributed by atoms with E-state index in [1.807, 2.05) is 32.1 Å². The molecule has 0 radical (unpaired) electrons. The molecule has 1 aliphatic rings. The molecule has 0 amide bonds. The van der Waals surface area contributed by atoms with Gasteiger partial charge in [0.25, 0.3) is 0 Å². The first-order chi connectivity index (χ1) is 7.58. The summed E-state index contributed by atoms with van der Waals surface area (Å²) in [5, 5.41) is 9.63. The molecule has 0 spiro atoms.